The van der Waals surface area contributed by atoms with E-state index >= 15 is 0 Å². The Balaban J connectivity index is 2.00. The van der Waals surface area contributed by atoms with Gasteiger partial charge in [-0.3, -0.25) is 0 Å². The van der Waals surface area contributed by atoms with E-state index in [0.29, 0.717) is 11.7 Å². The lowest BCUT2D eigenvalue weighted by molar-refractivity contribution is 0.432. The topological polar surface area (TPSA) is 59.2 Å². The van der Waals surface area contributed by atoms with E-state index in [4.69, 9.17) is 4.52 Å². The third-order valence-corrected chi connectivity index (χ3v) is 3.35. The SMILES string of the molecule is Oc1ccc(-c2nc(-c3ccccc3Br)no2)cc1. The van der Waals surface area contributed by atoms with Crippen LogP contribution >= 0.6 is 15.9 Å². The molecule has 94 valence electrons. The Morgan fingerprint density at radius 2 is 1.74 bits per heavy atom. The van der Waals surface area contributed by atoms with Gasteiger partial charge in [-0.15, -0.1) is 0 Å². The summed E-state index contributed by atoms with van der Waals surface area (Å²) >= 11 is 3.45. The predicted octanol–water partition coefficient (Wildman–Crippen LogP) is 3.87. The van der Waals surface area contributed by atoms with E-state index in [9.17, 15) is 5.11 Å². The van der Waals surface area contributed by atoms with E-state index in [-0.39, 0.29) is 5.75 Å². The van der Waals surface area contributed by atoms with Crippen LogP contribution in [0.1, 0.15) is 0 Å². The van der Waals surface area contributed by atoms with Crippen LogP contribution in [0.15, 0.2) is 57.5 Å². The van der Waals surface area contributed by atoms with Crippen LogP contribution in [0.5, 0.6) is 5.75 Å². The van der Waals surface area contributed by atoms with Crippen molar-refractivity contribution in [2.24, 2.45) is 0 Å². The maximum Gasteiger partial charge on any atom is 0.258 e. The molecule has 0 aliphatic carbocycles. The Labute approximate surface area is 117 Å². The van der Waals surface area contributed by atoms with E-state index in [0.717, 1.165) is 15.6 Å². The van der Waals surface area contributed by atoms with Crippen LogP contribution in [0.4, 0.5) is 0 Å². The van der Waals surface area contributed by atoms with Gasteiger partial charge >= 0.3 is 0 Å². The number of aromatic nitrogens is 2. The molecular formula is C14H9BrN2O2. The van der Waals surface area contributed by atoms with Crippen molar-refractivity contribution in [2.45, 2.75) is 0 Å². The first-order valence-electron chi connectivity index (χ1n) is 5.62. The van der Waals surface area contributed by atoms with Crippen molar-refractivity contribution in [1.29, 1.82) is 0 Å². The van der Waals surface area contributed by atoms with Crippen LogP contribution in [0.2, 0.25) is 0 Å². The first-order chi connectivity index (χ1) is 9.24. The lowest BCUT2D eigenvalue weighted by Crippen LogP contribution is -1.82. The zero-order valence-electron chi connectivity index (χ0n) is 9.75. The molecule has 3 rings (SSSR count). The number of phenolic OH excluding ortho intramolecular Hbond substituents is 1. The molecular weight excluding hydrogens is 308 g/mol. The molecule has 1 N–H and O–H groups in total. The van der Waals surface area contributed by atoms with Crippen LogP contribution in [0.25, 0.3) is 22.8 Å². The summed E-state index contributed by atoms with van der Waals surface area (Å²) in [7, 11) is 0. The Morgan fingerprint density at radius 1 is 1.00 bits per heavy atom. The lowest BCUT2D eigenvalue weighted by Gasteiger charge is -1.96. The molecule has 19 heavy (non-hydrogen) atoms. The van der Waals surface area contributed by atoms with Gasteiger partial charge in [0.05, 0.1) is 0 Å². The highest BCUT2D eigenvalue weighted by Crippen LogP contribution is 2.28. The smallest absolute Gasteiger partial charge is 0.258 e. The van der Waals surface area contributed by atoms with Crippen molar-refractivity contribution < 1.29 is 9.63 Å². The standard InChI is InChI=1S/C14H9BrN2O2/c15-12-4-2-1-3-11(12)13-16-14(19-17-13)9-5-7-10(18)8-6-9/h1-8,18H. The first kappa shape index (κ1) is 11.9. The predicted molar refractivity (Wildman–Crippen MR) is 74.5 cm³/mol. The zero-order valence-corrected chi connectivity index (χ0v) is 11.3. The molecule has 0 spiro atoms. The fraction of sp³-hybridized carbons (Fsp3) is 0. The van der Waals surface area contributed by atoms with Gasteiger partial charge in [-0.2, -0.15) is 4.98 Å². The quantitative estimate of drug-likeness (QED) is 0.779. The molecule has 4 nitrogen and oxygen atoms in total. The molecule has 1 aromatic heterocycles. The average molecular weight is 317 g/mol. The molecule has 0 bridgehead atoms. The number of benzene rings is 2. The minimum absolute atomic E-state index is 0.203. The second kappa shape index (κ2) is 4.85. The Kier molecular flexibility index (Phi) is 3.05. The van der Waals surface area contributed by atoms with Crippen molar-refractivity contribution in [2.75, 3.05) is 0 Å². The second-order valence-electron chi connectivity index (χ2n) is 3.95. The van der Waals surface area contributed by atoms with Gasteiger partial charge in [-0.1, -0.05) is 33.2 Å². The number of halogens is 1. The summed E-state index contributed by atoms with van der Waals surface area (Å²) in [6.45, 7) is 0. The summed E-state index contributed by atoms with van der Waals surface area (Å²) in [4.78, 5) is 4.35. The molecule has 0 radical (unpaired) electrons. The summed E-state index contributed by atoms with van der Waals surface area (Å²) in [6.07, 6.45) is 0. The molecule has 0 saturated heterocycles. The molecule has 0 atom stereocenters. The monoisotopic (exact) mass is 316 g/mol. The molecule has 2 aromatic carbocycles. The van der Waals surface area contributed by atoms with Crippen molar-refractivity contribution in [1.82, 2.24) is 10.1 Å². The van der Waals surface area contributed by atoms with Crippen molar-refractivity contribution in [3.05, 3.63) is 53.0 Å². The summed E-state index contributed by atoms with van der Waals surface area (Å²) in [6, 6.07) is 14.3. The highest BCUT2D eigenvalue weighted by molar-refractivity contribution is 9.10. The van der Waals surface area contributed by atoms with Gasteiger partial charge in [0.15, 0.2) is 0 Å². The molecule has 0 aliphatic heterocycles. The van der Waals surface area contributed by atoms with Gasteiger partial charge in [-0.25, -0.2) is 0 Å². The summed E-state index contributed by atoms with van der Waals surface area (Å²) in [5.74, 6) is 1.15. The fourth-order valence-electron chi connectivity index (χ4n) is 1.70. The number of phenols is 1. The molecule has 0 saturated carbocycles. The number of hydrogen-bond acceptors (Lipinski definition) is 4. The van der Waals surface area contributed by atoms with Gasteiger partial charge in [0.1, 0.15) is 5.75 Å². The van der Waals surface area contributed by atoms with E-state index < -0.39 is 0 Å². The minimum atomic E-state index is 0.203. The maximum absolute atomic E-state index is 9.25. The van der Waals surface area contributed by atoms with Crippen LogP contribution in [-0.2, 0) is 0 Å². The van der Waals surface area contributed by atoms with Gasteiger partial charge in [0.2, 0.25) is 5.82 Å². The summed E-state index contributed by atoms with van der Waals surface area (Å²) in [5.41, 5.74) is 1.64. The van der Waals surface area contributed by atoms with Crippen LogP contribution in [0, 0.1) is 0 Å². The minimum Gasteiger partial charge on any atom is -0.508 e. The molecule has 1 heterocycles. The number of hydrogen-bond donors (Lipinski definition) is 1. The molecule has 0 amide bonds. The zero-order chi connectivity index (χ0) is 13.2. The van der Waals surface area contributed by atoms with Crippen molar-refractivity contribution >= 4 is 15.9 Å². The normalized spacial score (nSPS) is 10.6. The fourth-order valence-corrected chi connectivity index (χ4v) is 2.16. The van der Waals surface area contributed by atoms with E-state index in [2.05, 4.69) is 26.1 Å². The number of aromatic hydroxyl groups is 1. The summed E-state index contributed by atoms with van der Waals surface area (Å²) < 4.78 is 6.15. The van der Waals surface area contributed by atoms with E-state index in [1.54, 1.807) is 24.3 Å². The van der Waals surface area contributed by atoms with Gasteiger partial charge < -0.3 is 9.63 Å². The lowest BCUT2D eigenvalue weighted by atomic mass is 10.2. The first-order valence-corrected chi connectivity index (χ1v) is 6.41. The number of rotatable bonds is 2. The highest BCUT2D eigenvalue weighted by atomic mass is 79.9. The molecule has 0 unspecified atom stereocenters. The Bertz CT molecular complexity index is 707. The maximum atomic E-state index is 9.25. The van der Waals surface area contributed by atoms with Gasteiger partial charge in [-0.05, 0) is 36.4 Å². The van der Waals surface area contributed by atoms with E-state index in [1.807, 2.05) is 24.3 Å². The van der Waals surface area contributed by atoms with Crippen LogP contribution < -0.4 is 0 Å². The highest BCUT2D eigenvalue weighted by Gasteiger charge is 2.12. The molecule has 0 aliphatic rings. The molecule has 3 aromatic rings. The molecule has 5 heteroatoms. The average Bonchev–Trinajstić information content (AvgIpc) is 2.89. The van der Waals surface area contributed by atoms with Gasteiger partial charge in [0.25, 0.3) is 5.89 Å². The second-order valence-corrected chi connectivity index (χ2v) is 4.80. The van der Waals surface area contributed by atoms with Crippen molar-refractivity contribution in [3.63, 3.8) is 0 Å². The third-order valence-electron chi connectivity index (χ3n) is 2.66. The third kappa shape index (κ3) is 2.37. The summed E-state index contributed by atoms with van der Waals surface area (Å²) in [5, 5.41) is 13.2. The van der Waals surface area contributed by atoms with Crippen LogP contribution in [0.3, 0.4) is 0 Å². The van der Waals surface area contributed by atoms with Gasteiger partial charge in [0, 0.05) is 15.6 Å². The molecule has 0 fully saturated rings. The number of nitrogens with zero attached hydrogens (tertiary/aromatic N) is 2. The van der Waals surface area contributed by atoms with E-state index in [1.165, 1.54) is 0 Å². The van der Waals surface area contributed by atoms with Crippen LogP contribution in [-0.4, -0.2) is 15.2 Å². The van der Waals surface area contributed by atoms with Crippen molar-refractivity contribution in [3.8, 4) is 28.6 Å². The Hall–Kier alpha value is -2.14. The largest absolute Gasteiger partial charge is 0.508 e. The Morgan fingerprint density at radius 3 is 2.47 bits per heavy atom.